The molecule has 0 aliphatic carbocycles. The van der Waals surface area contributed by atoms with Crippen LogP contribution in [-0.4, -0.2) is 32.5 Å². The fourth-order valence-electron chi connectivity index (χ4n) is 2.94. The van der Waals surface area contributed by atoms with Crippen molar-refractivity contribution < 1.29 is 9.53 Å². The lowest BCUT2D eigenvalue weighted by Gasteiger charge is -2.09. The Balaban J connectivity index is 2.07. The molecule has 0 radical (unpaired) electrons. The number of aromatic amines is 1. The van der Waals surface area contributed by atoms with Gasteiger partial charge in [-0.25, -0.2) is 19.3 Å². The van der Waals surface area contributed by atoms with Crippen molar-refractivity contribution in [3.05, 3.63) is 69.7 Å². The Morgan fingerprint density at radius 3 is 2.54 bits per heavy atom. The van der Waals surface area contributed by atoms with Gasteiger partial charge in [0.15, 0.2) is 17.2 Å². The molecule has 9 heteroatoms. The number of carbonyl (C=O) groups excluding carboxylic acids is 1. The molecule has 8 nitrogen and oxygen atoms in total. The zero-order chi connectivity index (χ0) is 19.8. The Bertz CT molecular complexity index is 1260. The van der Waals surface area contributed by atoms with E-state index < -0.39 is 11.6 Å². The maximum atomic E-state index is 12.6. The SMILES string of the molecule is COc1ccccc1-c1nc(C(N)=O)c2[nH]c(=O)n(-c3ccc(Cl)cc3)c2n1. The topological polar surface area (TPSA) is 116 Å². The Hall–Kier alpha value is -3.65. The van der Waals surface area contributed by atoms with Gasteiger partial charge in [0.2, 0.25) is 0 Å². The standard InChI is InChI=1S/C19H14ClN5O3/c1-28-13-5-3-2-4-12(13)17-22-14(16(21)26)15-18(24-17)25(19(27)23-15)11-8-6-10(20)7-9-11/h2-9H,1H3,(H2,21,26)(H,23,27). The van der Waals surface area contributed by atoms with Crippen molar-refractivity contribution >= 4 is 28.7 Å². The Morgan fingerprint density at radius 1 is 1.14 bits per heavy atom. The summed E-state index contributed by atoms with van der Waals surface area (Å²) in [5.41, 5.74) is 6.41. The molecule has 140 valence electrons. The third kappa shape index (κ3) is 2.89. The van der Waals surface area contributed by atoms with E-state index in [1.807, 2.05) is 0 Å². The summed E-state index contributed by atoms with van der Waals surface area (Å²) in [6.07, 6.45) is 0. The molecule has 3 N–H and O–H groups in total. The van der Waals surface area contributed by atoms with E-state index >= 15 is 0 Å². The highest BCUT2D eigenvalue weighted by Crippen LogP contribution is 2.29. The first-order valence-corrected chi connectivity index (χ1v) is 8.59. The van der Waals surface area contributed by atoms with Gasteiger partial charge in [-0.3, -0.25) is 4.79 Å². The minimum atomic E-state index is -0.784. The summed E-state index contributed by atoms with van der Waals surface area (Å²) >= 11 is 5.94. The molecule has 0 bridgehead atoms. The number of nitrogens with two attached hydrogens (primary N) is 1. The first-order chi connectivity index (χ1) is 13.5. The number of ether oxygens (including phenoxy) is 1. The molecule has 4 aromatic rings. The Morgan fingerprint density at radius 2 is 1.86 bits per heavy atom. The fourth-order valence-corrected chi connectivity index (χ4v) is 3.07. The van der Waals surface area contributed by atoms with Crippen molar-refractivity contribution in [1.82, 2.24) is 19.5 Å². The third-order valence-corrected chi connectivity index (χ3v) is 4.45. The summed E-state index contributed by atoms with van der Waals surface area (Å²) in [6.45, 7) is 0. The van der Waals surface area contributed by atoms with E-state index in [0.29, 0.717) is 22.0 Å². The van der Waals surface area contributed by atoms with Gasteiger partial charge >= 0.3 is 5.69 Å². The van der Waals surface area contributed by atoms with Crippen LogP contribution in [0.15, 0.2) is 53.3 Å². The van der Waals surface area contributed by atoms with E-state index in [-0.39, 0.29) is 22.7 Å². The van der Waals surface area contributed by atoms with E-state index in [2.05, 4.69) is 15.0 Å². The van der Waals surface area contributed by atoms with Crippen molar-refractivity contribution in [2.24, 2.45) is 5.73 Å². The number of nitrogens with zero attached hydrogens (tertiary/aromatic N) is 3. The van der Waals surface area contributed by atoms with Gasteiger partial charge in [0, 0.05) is 5.02 Å². The van der Waals surface area contributed by atoms with Crippen LogP contribution in [0.25, 0.3) is 28.2 Å². The molecule has 28 heavy (non-hydrogen) atoms. The van der Waals surface area contributed by atoms with E-state index in [1.165, 1.54) is 11.7 Å². The maximum absolute atomic E-state index is 12.6. The van der Waals surface area contributed by atoms with Crippen molar-refractivity contribution in [3.8, 4) is 22.8 Å². The summed E-state index contributed by atoms with van der Waals surface area (Å²) in [6, 6.07) is 13.7. The van der Waals surface area contributed by atoms with Crippen molar-refractivity contribution in [2.45, 2.75) is 0 Å². The fraction of sp³-hybridized carbons (Fsp3) is 0.0526. The van der Waals surface area contributed by atoms with Gasteiger partial charge in [-0.05, 0) is 36.4 Å². The zero-order valence-corrected chi connectivity index (χ0v) is 15.4. The first-order valence-electron chi connectivity index (χ1n) is 8.21. The smallest absolute Gasteiger partial charge is 0.332 e. The number of benzene rings is 2. The molecule has 2 heterocycles. The molecule has 2 aromatic heterocycles. The van der Waals surface area contributed by atoms with Crippen LogP contribution in [0, 0.1) is 0 Å². The quantitative estimate of drug-likeness (QED) is 0.550. The molecule has 0 fully saturated rings. The molecular weight excluding hydrogens is 382 g/mol. The summed E-state index contributed by atoms with van der Waals surface area (Å²) in [5.74, 6) is -0.0540. The second kappa shape index (κ2) is 6.82. The molecule has 1 amide bonds. The third-order valence-electron chi connectivity index (χ3n) is 4.20. The number of fused-ring (bicyclic) bond motifs is 1. The number of amides is 1. The summed E-state index contributed by atoms with van der Waals surface area (Å²) in [4.78, 5) is 36.0. The van der Waals surface area contributed by atoms with Crippen molar-refractivity contribution in [2.75, 3.05) is 7.11 Å². The van der Waals surface area contributed by atoms with Crippen LogP contribution in [0.2, 0.25) is 5.02 Å². The average Bonchev–Trinajstić information content (AvgIpc) is 3.03. The molecule has 4 rings (SSSR count). The highest BCUT2D eigenvalue weighted by atomic mass is 35.5. The van der Waals surface area contributed by atoms with Gasteiger partial charge in [0.05, 0.1) is 18.4 Å². The second-order valence-electron chi connectivity index (χ2n) is 5.90. The van der Waals surface area contributed by atoms with Gasteiger partial charge < -0.3 is 15.5 Å². The van der Waals surface area contributed by atoms with E-state index in [9.17, 15) is 9.59 Å². The molecule has 0 unspecified atom stereocenters. The maximum Gasteiger partial charge on any atom is 0.332 e. The van der Waals surface area contributed by atoms with Crippen LogP contribution in [-0.2, 0) is 0 Å². The van der Waals surface area contributed by atoms with E-state index in [1.54, 1.807) is 48.5 Å². The number of aromatic nitrogens is 4. The highest BCUT2D eigenvalue weighted by Gasteiger charge is 2.21. The number of carbonyl (C=O) groups is 1. The number of rotatable bonds is 4. The number of H-pyrrole nitrogens is 1. The zero-order valence-electron chi connectivity index (χ0n) is 14.6. The Labute approximate surface area is 163 Å². The number of methoxy groups -OCH3 is 1. The Kier molecular flexibility index (Phi) is 4.32. The first kappa shape index (κ1) is 17.7. The van der Waals surface area contributed by atoms with Gasteiger partial charge in [-0.2, -0.15) is 0 Å². The number of para-hydroxylation sites is 1. The van der Waals surface area contributed by atoms with Gasteiger partial charge in [-0.1, -0.05) is 23.7 Å². The lowest BCUT2D eigenvalue weighted by atomic mass is 10.2. The minimum absolute atomic E-state index is 0.0873. The van der Waals surface area contributed by atoms with Crippen LogP contribution in [0.1, 0.15) is 10.5 Å². The van der Waals surface area contributed by atoms with E-state index in [0.717, 1.165) is 0 Å². The lowest BCUT2D eigenvalue weighted by molar-refractivity contribution is 0.0997. The number of imidazole rings is 1. The van der Waals surface area contributed by atoms with Crippen LogP contribution in [0.5, 0.6) is 5.75 Å². The van der Waals surface area contributed by atoms with Crippen LogP contribution < -0.4 is 16.2 Å². The molecule has 2 aromatic carbocycles. The van der Waals surface area contributed by atoms with Crippen molar-refractivity contribution in [1.29, 1.82) is 0 Å². The molecular formula is C19H14ClN5O3. The number of nitrogens with one attached hydrogen (secondary N) is 1. The molecule has 0 aliphatic rings. The highest BCUT2D eigenvalue weighted by molar-refractivity contribution is 6.30. The second-order valence-corrected chi connectivity index (χ2v) is 6.34. The largest absolute Gasteiger partial charge is 0.496 e. The molecule has 0 aliphatic heterocycles. The van der Waals surface area contributed by atoms with Gasteiger partial charge in [0.1, 0.15) is 11.3 Å². The lowest BCUT2D eigenvalue weighted by Crippen LogP contribution is -2.15. The average molecular weight is 396 g/mol. The predicted molar refractivity (Wildman–Crippen MR) is 105 cm³/mol. The molecule has 0 saturated heterocycles. The van der Waals surface area contributed by atoms with Crippen LogP contribution in [0.4, 0.5) is 0 Å². The number of hydrogen-bond acceptors (Lipinski definition) is 5. The summed E-state index contributed by atoms with van der Waals surface area (Å²) in [7, 11) is 1.52. The normalized spacial score (nSPS) is 10.9. The predicted octanol–water partition coefficient (Wildman–Crippen LogP) is 2.54. The van der Waals surface area contributed by atoms with E-state index in [4.69, 9.17) is 22.1 Å². The van der Waals surface area contributed by atoms with Gasteiger partial charge in [-0.15, -0.1) is 0 Å². The van der Waals surface area contributed by atoms with Gasteiger partial charge in [0.25, 0.3) is 5.91 Å². The summed E-state index contributed by atoms with van der Waals surface area (Å²) in [5, 5.41) is 0.527. The number of halogens is 1. The number of primary amides is 1. The monoisotopic (exact) mass is 395 g/mol. The molecule has 0 spiro atoms. The molecule has 0 saturated carbocycles. The molecule has 0 atom stereocenters. The number of hydrogen-bond donors (Lipinski definition) is 2. The minimum Gasteiger partial charge on any atom is -0.496 e. The van der Waals surface area contributed by atoms with Crippen LogP contribution in [0.3, 0.4) is 0 Å². The van der Waals surface area contributed by atoms with Crippen LogP contribution >= 0.6 is 11.6 Å². The summed E-state index contributed by atoms with van der Waals surface area (Å²) < 4.78 is 6.69. The van der Waals surface area contributed by atoms with Crippen molar-refractivity contribution in [3.63, 3.8) is 0 Å².